The summed E-state index contributed by atoms with van der Waals surface area (Å²) < 4.78 is 0. The molecule has 214 valence electrons. The summed E-state index contributed by atoms with van der Waals surface area (Å²) in [6.45, 7) is 10.7. The van der Waals surface area contributed by atoms with Crippen molar-refractivity contribution in [2.24, 2.45) is 16.9 Å². The molecule has 4 aliphatic rings. The summed E-state index contributed by atoms with van der Waals surface area (Å²) in [6, 6.07) is 8.25. The number of hydrogen-bond donors (Lipinski definition) is 2. The molecule has 0 spiro atoms. The second kappa shape index (κ2) is 12.8. The average Bonchev–Trinajstić information content (AvgIpc) is 3.36. The van der Waals surface area contributed by atoms with E-state index in [0.717, 1.165) is 82.2 Å². The van der Waals surface area contributed by atoms with Crippen molar-refractivity contribution >= 4 is 34.9 Å². The molecule has 0 aromatic heterocycles. The lowest BCUT2D eigenvalue weighted by Gasteiger charge is -2.51. The predicted molar refractivity (Wildman–Crippen MR) is 155 cm³/mol. The number of amides is 2. The zero-order valence-electron chi connectivity index (χ0n) is 23.4. The molecule has 1 saturated carbocycles. The maximum Gasteiger partial charge on any atom is 0.230 e. The van der Waals surface area contributed by atoms with Crippen LogP contribution in [-0.4, -0.2) is 90.5 Å². The van der Waals surface area contributed by atoms with E-state index in [4.69, 9.17) is 11.6 Å². The van der Waals surface area contributed by atoms with Gasteiger partial charge in [-0.25, -0.2) is 0 Å². The Labute approximate surface area is 237 Å². The van der Waals surface area contributed by atoms with Gasteiger partial charge in [0.15, 0.2) is 6.29 Å². The molecule has 2 N–H and O–H groups in total. The van der Waals surface area contributed by atoms with Gasteiger partial charge in [0.2, 0.25) is 11.8 Å². The molecule has 3 heterocycles. The van der Waals surface area contributed by atoms with E-state index in [0.29, 0.717) is 25.3 Å². The molecule has 1 aromatic carbocycles. The van der Waals surface area contributed by atoms with Gasteiger partial charge in [0.25, 0.3) is 0 Å². The van der Waals surface area contributed by atoms with E-state index in [9.17, 15) is 9.59 Å². The van der Waals surface area contributed by atoms with E-state index >= 15 is 0 Å². The monoisotopic (exact) mass is 557 g/mol. The van der Waals surface area contributed by atoms with E-state index in [-0.39, 0.29) is 30.1 Å². The van der Waals surface area contributed by atoms with Crippen molar-refractivity contribution in [3.05, 3.63) is 29.3 Å². The minimum Gasteiger partial charge on any atom is -0.369 e. The Kier molecular flexibility index (Phi) is 9.17. The van der Waals surface area contributed by atoms with Gasteiger partial charge < -0.3 is 20.0 Å². The molecule has 3 unspecified atom stereocenters. The van der Waals surface area contributed by atoms with Crippen molar-refractivity contribution in [2.75, 3.05) is 50.7 Å². The molecular formula is C29H44ClN7O2. The van der Waals surface area contributed by atoms with Crippen LogP contribution in [0.4, 0.5) is 5.69 Å². The van der Waals surface area contributed by atoms with Gasteiger partial charge in [-0.1, -0.05) is 44.4 Å². The number of piperazine rings is 1. The zero-order chi connectivity index (χ0) is 27.4. The molecule has 1 aliphatic carbocycles. The lowest BCUT2D eigenvalue weighted by Crippen LogP contribution is -2.67. The fourth-order valence-electron chi connectivity index (χ4n) is 6.57. The van der Waals surface area contributed by atoms with Crippen LogP contribution >= 0.6 is 11.6 Å². The van der Waals surface area contributed by atoms with Crippen molar-refractivity contribution in [3.8, 4) is 0 Å². The van der Waals surface area contributed by atoms with Crippen LogP contribution < -0.4 is 15.6 Å². The molecule has 2 amide bonds. The lowest BCUT2D eigenvalue weighted by molar-refractivity contribution is -0.156. The number of anilines is 1. The summed E-state index contributed by atoms with van der Waals surface area (Å²) in [5, 5.41) is 8.51. The minimum atomic E-state index is -0.211. The summed E-state index contributed by atoms with van der Waals surface area (Å²) in [6.07, 6.45) is 5.96. The topological polar surface area (TPSA) is 83.5 Å². The van der Waals surface area contributed by atoms with Crippen LogP contribution in [0.2, 0.25) is 5.02 Å². The molecular weight excluding hydrogens is 514 g/mol. The standard InChI is InChI=1S/C29H44ClN7O2/c1-21(2)20-36-28(39)24-9-3-4-10-25(24)37-26(32-33-29(36)37)11-12-27(38)31-13-6-14-34-15-17-35(18-16-34)23-8-5-7-22(30)19-23/h5,7-8,19,21,24-25,29,33H,3-4,6,9-18,20H2,1-2H3,(H,31,38). The average molecular weight is 558 g/mol. The number of amidine groups is 1. The smallest absolute Gasteiger partial charge is 0.230 e. The number of carbonyl (C=O) groups is 2. The first-order valence-electron chi connectivity index (χ1n) is 14.8. The number of fused-ring (bicyclic) bond motifs is 3. The fourth-order valence-corrected chi connectivity index (χ4v) is 6.75. The van der Waals surface area contributed by atoms with Crippen LogP contribution in [0.3, 0.4) is 0 Å². The summed E-state index contributed by atoms with van der Waals surface area (Å²) in [5.41, 5.74) is 4.41. The normalized spacial score (nSPS) is 25.3. The Morgan fingerprint density at radius 1 is 1.18 bits per heavy atom. The fraction of sp³-hybridized carbons (Fsp3) is 0.690. The van der Waals surface area contributed by atoms with Gasteiger partial charge >= 0.3 is 0 Å². The zero-order valence-corrected chi connectivity index (χ0v) is 24.2. The number of nitrogens with zero attached hydrogens (tertiary/aromatic N) is 5. The van der Waals surface area contributed by atoms with E-state index in [2.05, 4.69) is 50.5 Å². The highest BCUT2D eigenvalue weighted by atomic mass is 35.5. The highest BCUT2D eigenvalue weighted by Crippen LogP contribution is 2.38. The predicted octanol–water partition coefficient (Wildman–Crippen LogP) is 3.31. The van der Waals surface area contributed by atoms with Crippen molar-refractivity contribution in [2.45, 2.75) is 71.1 Å². The summed E-state index contributed by atoms with van der Waals surface area (Å²) in [5.74, 6) is 1.69. The number of hydrogen-bond acceptors (Lipinski definition) is 7. The summed E-state index contributed by atoms with van der Waals surface area (Å²) in [7, 11) is 0. The van der Waals surface area contributed by atoms with Gasteiger partial charge in [-0.2, -0.15) is 5.10 Å². The molecule has 39 heavy (non-hydrogen) atoms. The summed E-state index contributed by atoms with van der Waals surface area (Å²) >= 11 is 6.15. The molecule has 5 rings (SSSR count). The second-order valence-corrected chi connectivity index (χ2v) is 12.2. The Morgan fingerprint density at radius 2 is 1.97 bits per heavy atom. The van der Waals surface area contributed by atoms with Crippen LogP contribution in [0.25, 0.3) is 0 Å². The van der Waals surface area contributed by atoms with E-state index < -0.39 is 0 Å². The van der Waals surface area contributed by atoms with Gasteiger partial charge in [-0.05, 0) is 49.9 Å². The SMILES string of the molecule is CC(C)CN1C(=O)C2CCCCC2N2C(CCC(=O)NCCCN3CCN(c4cccc(Cl)c4)CC3)=NNC12. The van der Waals surface area contributed by atoms with Crippen LogP contribution in [0.5, 0.6) is 0 Å². The van der Waals surface area contributed by atoms with Crippen LogP contribution in [0, 0.1) is 11.8 Å². The summed E-state index contributed by atoms with van der Waals surface area (Å²) in [4.78, 5) is 35.1. The van der Waals surface area contributed by atoms with Gasteiger partial charge in [0.1, 0.15) is 5.84 Å². The van der Waals surface area contributed by atoms with Gasteiger partial charge in [-0.3, -0.25) is 19.9 Å². The third kappa shape index (κ3) is 6.62. The first-order chi connectivity index (χ1) is 18.9. The van der Waals surface area contributed by atoms with Gasteiger partial charge in [-0.15, -0.1) is 0 Å². The van der Waals surface area contributed by atoms with Crippen LogP contribution in [0.1, 0.15) is 58.8 Å². The highest BCUT2D eigenvalue weighted by molar-refractivity contribution is 6.30. The largest absolute Gasteiger partial charge is 0.369 e. The number of benzene rings is 1. The molecule has 2 saturated heterocycles. The van der Waals surface area contributed by atoms with Crippen molar-refractivity contribution in [1.82, 2.24) is 25.4 Å². The van der Waals surface area contributed by atoms with Crippen molar-refractivity contribution in [1.29, 1.82) is 0 Å². The third-order valence-electron chi connectivity index (χ3n) is 8.51. The third-order valence-corrected chi connectivity index (χ3v) is 8.74. The van der Waals surface area contributed by atoms with Crippen molar-refractivity contribution < 1.29 is 9.59 Å². The highest BCUT2D eigenvalue weighted by Gasteiger charge is 2.50. The Morgan fingerprint density at radius 3 is 2.74 bits per heavy atom. The molecule has 0 bridgehead atoms. The van der Waals surface area contributed by atoms with Crippen LogP contribution in [-0.2, 0) is 9.59 Å². The van der Waals surface area contributed by atoms with Crippen LogP contribution in [0.15, 0.2) is 29.4 Å². The first-order valence-corrected chi connectivity index (χ1v) is 15.2. The molecule has 10 heteroatoms. The van der Waals surface area contributed by atoms with E-state index in [1.54, 1.807) is 0 Å². The number of hydrazone groups is 1. The Bertz CT molecular complexity index is 1040. The maximum atomic E-state index is 13.3. The quantitative estimate of drug-likeness (QED) is 0.430. The number of carbonyl (C=O) groups excluding carboxylic acids is 2. The maximum absolute atomic E-state index is 13.3. The molecule has 9 nitrogen and oxygen atoms in total. The number of halogens is 1. The lowest BCUT2D eigenvalue weighted by atomic mass is 9.80. The first kappa shape index (κ1) is 28.0. The molecule has 0 radical (unpaired) electrons. The number of nitrogens with one attached hydrogen (secondary N) is 2. The molecule has 1 aromatic rings. The Balaban J connectivity index is 1.03. The molecule has 3 aliphatic heterocycles. The Hall–Kier alpha value is -2.52. The van der Waals surface area contributed by atoms with Crippen molar-refractivity contribution in [3.63, 3.8) is 0 Å². The minimum absolute atomic E-state index is 0.0417. The second-order valence-electron chi connectivity index (χ2n) is 11.8. The van der Waals surface area contributed by atoms with Gasteiger partial charge in [0.05, 0.1) is 5.92 Å². The van der Waals surface area contributed by atoms with E-state index in [1.807, 2.05) is 23.1 Å². The number of rotatable bonds is 10. The molecule has 3 fully saturated rings. The van der Waals surface area contributed by atoms with E-state index in [1.165, 1.54) is 5.69 Å². The van der Waals surface area contributed by atoms with Gasteiger partial charge in [0, 0.05) is 68.9 Å². The molecule has 3 atom stereocenters.